The normalized spacial score (nSPS) is 11.2. The monoisotopic (exact) mass is 378 g/mol. The number of nitrogens with one attached hydrogen (secondary N) is 2. The van der Waals surface area contributed by atoms with E-state index < -0.39 is 11.7 Å². The molecule has 2 aromatic carbocycles. The first kappa shape index (κ1) is 17.5. The summed E-state index contributed by atoms with van der Waals surface area (Å²) in [6, 6.07) is 9.85. The highest BCUT2D eigenvalue weighted by Crippen LogP contribution is 2.26. The van der Waals surface area contributed by atoms with Crippen LogP contribution < -0.4 is 11.0 Å². The second kappa shape index (κ2) is 6.92. The largest absolute Gasteiger partial charge is 0.334 e. The lowest BCUT2D eigenvalue weighted by Gasteiger charge is -2.11. The molecule has 0 unspecified atom stereocenters. The smallest absolute Gasteiger partial charge is 0.307 e. The maximum Gasteiger partial charge on any atom is 0.334 e. The molecular formula is C17H16Cl2N4O2. The number of carbonyl (C=O) groups excluding carboxylic acids is 1. The van der Waals surface area contributed by atoms with E-state index in [1.807, 2.05) is 31.1 Å². The molecule has 0 fully saturated rings. The van der Waals surface area contributed by atoms with E-state index >= 15 is 0 Å². The summed E-state index contributed by atoms with van der Waals surface area (Å²) in [7, 11) is 3.97. The van der Waals surface area contributed by atoms with E-state index in [1.54, 1.807) is 12.1 Å². The minimum Gasteiger partial charge on any atom is -0.307 e. The van der Waals surface area contributed by atoms with Crippen molar-refractivity contribution in [3.8, 4) is 0 Å². The van der Waals surface area contributed by atoms with Crippen LogP contribution in [0.1, 0.15) is 5.56 Å². The Morgan fingerprint density at radius 1 is 1.16 bits per heavy atom. The third kappa shape index (κ3) is 3.71. The first-order valence-electron chi connectivity index (χ1n) is 7.50. The van der Waals surface area contributed by atoms with E-state index in [0.29, 0.717) is 21.7 Å². The molecule has 1 amide bonds. The Morgan fingerprint density at radius 2 is 1.80 bits per heavy atom. The van der Waals surface area contributed by atoms with Gasteiger partial charge in [0.25, 0.3) is 0 Å². The van der Waals surface area contributed by atoms with Crippen LogP contribution in [0, 0.1) is 0 Å². The maximum absolute atomic E-state index is 12.5. The fourth-order valence-electron chi connectivity index (χ4n) is 2.54. The first-order chi connectivity index (χ1) is 11.8. The number of rotatable bonds is 3. The molecule has 0 saturated heterocycles. The van der Waals surface area contributed by atoms with Crippen LogP contribution in [0.4, 0.5) is 10.5 Å². The Bertz CT molecular complexity index is 990. The van der Waals surface area contributed by atoms with E-state index in [4.69, 9.17) is 23.2 Å². The number of anilines is 1. The highest BCUT2D eigenvalue weighted by molar-refractivity contribution is 6.42. The zero-order valence-corrected chi connectivity index (χ0v) is 15.1. The number of amides is 1. The Hall–Kier alpha value is -2.28. The van der Waals surface area contributed by atoms with Gasteiger partial charge in [0.15, 0.2) is 0 Å². The van der Waals surface area contributed by atoms with Crippen molar-refractivity contribution in [3.05, 3.63) is 62.5 Å². The Morgan fingerprint density at radius 3 is 2.44 bits per heavy atom. The lowest BCUT2D eigenvalue weighted by Crippen LogP contribution is -2.29. The van der Waals surface area contributed by atoms with Crippen molar-refractivity contribution in [2.45, 2.75) is 6.54 Å². The molecule has 6 nitrogen and oxygen atoms in total. The van der Waals surface area contributed by atoms with Gasteiger partial charge < -0.3 is 15.2 Å². The third-order valence-electron chi connectivity index (χ3n) is 3.63. The molecule has 0 atom stereocenters. The molecule has 3 aromatic rings. The first-order valence-corrected chi connectivity index (χ1v) is 8.25. The molecule has 0 aliphatic heterocycles. The zero-order valence-electron chi connectivity index (χ0n) is 13.6. The van der Waals surface area contributed by atoms with Crippen molar-refractivity contribution in [2.24, 2.45) is 0 Å². The zero-order chi connectivity index (χ0) is 18.1. The summed E-state index contributed by atoms with van der Waals surface area (Å²) in [5.74, 6) is 0. The quantitative estimate of drug-likeness (QED) is 0.728. The number of hydrogen-bond acceptors (Lipinski definition) is 3. The van der Waals surface area contributed by atoms with Gasteiger partial charge in [0.2, 0.25) is 0 Å². The second-order valence-corrected chi connectivity index (χ2v) is 6.73. The summed E-state index contributed by atoms with van der Waals surface area (Å²) in [5.41, 5.74) is 1.95. The second-order valence-electron chi connectivity index (χ2n) is 5.91. The molecule has 1 aromatic heterocycles. The van der Waals surface area contributed by atoms with E-state index in [0.717, 1.165) is 16.7 Å². The van der Waals surface area contributed by atoms with Gasteiger partial charge >= 0.3 is 11.7 Å². The summed E-state index contributed by atoms with van der Waals surface area (Å²) in [4.78, 5) is 29.3. The number of aromatic amines is 1. The fraction of sp³-hybridized carbons (Fsp3) is 0.176. The number of carbonyl (C=O) groups is 1. The standard InChI is InChI=1S/C17H16Cl2N4O2/c1-22(2)9-10-3-5-11(6-4-10)20-16(24)23-15-8-13(19)12(18)7-14(15)21-17(23)25/h3-8H,9H2,1-2H3,(H,20,24)(H,21,25). The van der Waals surface area contributed by atoms with Crippen molar-refractivity contribution >= 4 is 46.0 Å². The van der Waals surface area contributed by atoms with Crippen LogP contribution in [-0.4, -0.2) is 34.6 Å². The molecule has 0 bridgehead atoms. The molecule has 25 heavy (non-hydrogen) atoms. The van der Waals surface area contributed by atoms with Gasteiger partial charge in [-0.2, -0.15) is 0 Å². The highest BCUT2D eigenvalue weighted by Gasteiger charge is 2.16. The van der Waals surface area contributed by atoms with Crippen molar-refractivity contribution in [1.82, 2.24) is 14.5 Å². The SMILES string of the molecule is CN(C)Cc1ccc(NC(=O)n2c(=O)[nH]c3cc(Cl)c(Cl)cc32)cc1. The van der Waals surface area contributed by atoms with E-state index in [2.05, 4.69) is 10.3 Å². The number of halogens is 2. The van der Waals surface area contributed by atoms with Crippen LogP contribution in [0.15, 0.2) is 41.2 Å². The molecule has 0 spiro atoms. The molecule has 0 radical (unpaired) electrons. The predicted molar refractivity (Wildman–Crippen MR) is 101 cm³/mol. The van der Waals surface area contributed by atoms with Crippen molar-refractivity contribution in [3.63, 3.8) is 0 Å². The van der Waals surface area contributed by atoms with Gasteiger partial charge in [0.05, 0.1) is 21.1 Å². The summed E-state index contributed by atoms with van der Waals surface area (Å²) in [6.45, 7) is 0.801. The van der Waals surface area contributed by atoms with Gasteiger partial charge in [0, 0.05) is 12.2 Å². The lowest BCUT2D eigenvalue weighted by atomic mass is 10.2. The van der Waals surface area contributed by atoms with Crippen LogP contribution in [0.3, 0.4) is 0 Å². The maximum atomic E-state index is 12.5. The molecular weight excluding hydrogens is 363 g/mol. The number of aromatic nitrogens is 2. The van der Waals surface area contributed by atoms with Gasteiger partial charge in [0.1, 0.15) is 0 Å². The third-order valence-corrected chi connectivity index (χ3v) is 4.35. The molecule has 0 aliphatic carbocycles. The topological polar surface area (TPSA) is 70.1 Å². The number of imidazole rings is 1. The van der Waals surface area contributed by atoms with E-state index in [1.165, 1.54) is 12.1 Å². The molecule has 2 N–H and O–H groups in total. The Kier molecular flexibility index (Phi) is 4.85. The van der Waals surface area contributed by atoms with Gasteiger partial charge in [-0.05, 0) is 43.9 Å². The van der Waals surface area contributed by atoms with Crippen LogP contribution in [0.2, 0.25) is 10.0 Å². The van der Waals surface area contributed by atoms with Crippen molar-refractivity contribution in [1.29, 1.82) is 0 Å². The Labute approximate surface area is 154 Å². The fourth-order valence-corrected chi connectivity index (χ4v) is 2.86. The van der Waals surface area contributed by atoms with E-state index in [9.17, 15) is 9.59 Å². The summed E-state index contributed by atoms with van der Waals surface area (Å²) in [5, 5.41) is 3.28. The van der Waals surface area contributed by atoms with Crippen molar-refractivity contribution < 1.29 is 4.79 Å². The van der Waals surface area contributed by atoms with Crippen molar-refractivity contribution in [2.75, 3.05) is 19.4 Å². The summed E-state index contributed by atoms with van der Waals surface area (Å²) < 4.78 is 0.991. The van der Waals surface area contributed by atoms with E-state index in [-0.39, 0.29) is 5.02 Å². The van der Waals surface area contributed by atoms with Crippen LogP contribution in [0.5, 0.6) is 0 Å². The van der Waals surface area contributed by atoms with Gasteiger partial charge in [-0.1, -0.05) is 35.3 Å². The molecule has 0 aliphatic rings. The minimum atomic E-state index is -0.574. The molecule has 8 heteroatoms. The average Bonchev–Trinajstić information content (AvgIpc) is 2.84. The summed E-state index contributed by atoms with van der Waals surface area (Å²) >= 11 is 11.9. The van der Waals surface area contributed by atoms with Gasteiger partial charge in [-0.15, -0.1) is 0 Å². The van der Waals surface area contributed by atoms with Gasteiger partial charge in [-0.25, -0.2) is 14.2 Å². The molecule has 1 heterocycles. The number of H-pyrrole nitrogens is 1. The van der Waals surface area contributed by atoms with Gasteiger partial charge in [-0.3, -0.25) is 0 Å². The number of fused-ring (bicyclic) bond motifs is 1. The number of nitrogens with zero attached hydrogens (tertiary/aromatic N) is 2. The van der Waals surface area contributed by atoms with Crippen LogP contribution in [0.25, 0.3) is 11.0 Å². The number of hydrogen-bond donors (Lipinski definition) is 2. The van der Waals surface area contributed by atoms with Crippen LogP contribution in [-0.2, 0) is 6.54 Å². The lowest BCUT2D eigenvalue weighted by molar-refractivity contribution is 0.253. The molecule has 0 saturated carbocycles. The highest BCUT2D eigenvalue weighted by atomic mass is 35.5. The van der Waals surface area contributed by atoms with Crippen LogP contribution >= 0.6 is 23.2 Å². The summed E-state index contributed by atoms with van der Waals surface area (Å²) in [6.07, 6.45) is 0. The molecule has 3 rings (SSSR count). The molecule has 130 valence electrons. The number of benzene rings is 2. The Balaban J connectivity index is 1.89. The average molecular weight is 379 g/mol. The minimum absolute atomic E-state index is 0.266. The predicted octanol–water partition coefficient (Wildman–Crippen LogP) is 3.78.